The molecular formula is C21H24N2O3. The van der Waals surface area contributed by atoms with Crippen LogP contribution in [0.5, 0.6) is 0 Å². The summed E-state index contributed by atoms with van der Waals surface area (Å²) in [5, 5.41) is 0. The summed E-state index contributed by atoms with van der Waals surface area (Å²) in [5.41, 5.74) is 2.38. The molecule has 0 saturated carbocycles. The monoisotopic (exact) mass is 352 g/mol. The Morgan fingerprint density at radius 3 is 2.58 bits per heavy atom. The minimum absolute atomic E-state index is 0.0414. The van der Waals surface area contributed by atoms with Crippen LogP contribution in [0.2, 0.25) is 0 Å². The maximum atomic E-state index is 12.2. The van der Waals surface area contributed by atoms with Crippen LogP contribution >= 0.6 is 0 Å². The molecule has 1 amide bonds. The quantitative estimate of drug-likeness (QED) is 0.541. The summed E-state index contributed by atoms with van der Waals surface area (Å²) in [6, 6.07) is 14.0. The predicted octanol–water partition coefficient (Wildman–Crippen LogP) is 2.65. The third-order valence-electron chi connectivity index (χ3n) is 4.66. The summed E-state index contributed by atoms with van der Waals surface area (Å²) in [6.45, 7) is 1.50. The lowest BCUT2D eigenvalue weighted by Gasteiger charge is -2.16. The lowest BCUT2D eigenvalue weighted by Crippen LogP contribution is -2.29. The van der Waals surface area contributed by atoms with E-state index >= 15 is 0 Å². The predicted molar refractivity (Wildman–Crippen MR) is 98.4 cm³/mol. The van der Waals surface area contributed by atoms with Gasteiger partial charge in [-0.15, -0.1) is 0 Å². The van der Waals surface area contributed by atoms with Crippen LogP contribution in [0.4, 0.5) is 0 Å². The van der Waals surface area contributed by atoms with E-state index in [4.69, 9.17) is 4.74 Å². The highest BCUT2D eigenvalue weighted by Gasteiger charge is 2.34. The number of amides is 1. The van der Waals surface area contributed by atoms with Crippen LogP contribution in [0, 0.1) is 5.92 Å². The average Bonchev–Trinajstić information content (AvgIpc) is 3.06. The first-order valence-electron chi connectivity index (χ1n) is 9.09. The Morgan fingerprint density at radius 2 is 1.81 bits per heavy atom. The van der Waals surface area contributed by atoms with Crippen molar-refractivity contribution in [3.8, 4) is 0 Å². The zero-order valence-corrected chi connectivity index (χ0v) is 14.8. The van der Waals surface area contributed by atoms with Gasteiger partial charge in [-0.25, -0.2) is 0 Å². The van der Waals surface area contributed by atoms with Gasteiger partial charge >= 0.3 is 5.97 Å². The van der Waals surface area contributed by atoms with Crippen LogP contribution in [0.25, 0.3) is 0 Å². The number of aryl methyl sites for hydroxylation is 1. The Morgan fingerprint density at radius 1 is 1.08 bits per heavy atom. The molecule has 1 aromatic carbocycles. The lowest BCUT2D eigenvalue weighted by atomic mass is 10.1. The summed E-state index contributed by atoms with van der Waals surface area (Å²) in [5.74, 6) is -0.547. The number of rotatable bonds is 8. The summed E-state index contributed by atoms with van der Waals surface area (Å²) in [4.78, 5) is 30.1. The van der Waals surface area contributed by atoms with Gasteiger partial charge in [0.05, 0.1) is 12.5 Å². The fraction of sp³-hybridized carbons (Fsp3) is 0.381. The van der Waals surface area contributed by atoms with Gasteiger partial charge in [0.2, 0.25) is 5.91 Å². The Labute approximate surface area is 154 Å². The first kappa shape index (κ1) is 18.1. The molecule has 1 unspecified atom stereocenters. The highest BCUT2D eigenvalue weighted by Crippen LogP contribution is 2.20. The minimum Gasteiger partial charge on any atom is -0.465 e. The Hall–Kier alpha value is -2.69. The molecule has 26 heavy (non-hydrogen) atoms. The van der Waals surface area contributed by atoms with E-state index in [1.54, 1.807) is 17.3 Å². The third-order valence-corrected chi connectivity index (χ3v) is 4.66. The van der Waals surface area contributed by atoms with Crippen LogP contribution in [-0.4, -0.2) is 41.5 Å². The summed E-state index contributed by atoms with van der Waals surface area (Å²) in [7, 11) is 0. The van der Waals surface area contributed by atoms with Gasteiger partial charge in [0.15, 0.2) is 0 Å². The first-order chi connectivity index (χ1) is 12.7. The number of ether oxygens (including phenoxy) is 1. The molecule has 1 saturated heterocycles. The van der Waals surface area contributed by atoms with E-state index in [2.05, 4.69) is 17.1 Å². The van der Waals surface area contributed by atoms with Crippen LogP contribution in [0.15, 0.2) is 54.9 Å². The molecule has 1 aromatic heterocycles. The zero-order chi connectivity index (χ0) is 18.2. The van der Waals surface area contributed by atoms with Gasteiger partial charge in [0, 0.05) is 31.9 Å². The van der Waals surface area contributed by atoms with Gasteiger partial charge < -0.3 is 9.64 Å². The van der Waals surface area contributed by atoms with Gasteiger partial charge in [0.25, 0.3) is 0 Å². The molecular weight excluding hydrogens is 328 g/mol. The zero-order valence-electron chi connectivity index (χ0n) is 14.8. The fourth-order valence-corrected chi connectivity index (χ4v) is 3.17. The number of likely N-dealkylation sites (tertiary alicyclic amines) is 1. The van der Waals surface area contributed by atoms with Crippen LogP contribution in [0.3, 0.4) is 0 Å². The minimum atomic E-state index is -0.334. The Balaban J connectivity index is 1.38. The summed E-state index contributed by atoms with van der Waals surface area (Å²) >= 11 is 0. The van der Waals surface area contributed by atoms with E-state index < -0.39 is 0 Å². The number of nitrogens with zero attached hydrogens (tertiary/aromatic N) is 2. The lowest BCUT2D eigenvalue weighted by molar-refractivity contribution is -0.148. The number of carbonyl (C=O) groups is 2. The number of hydrogen-bond donors (Lipinski definition) is 0. The van der Waals surface area contributed by atoms with Crippen LogP contribution in [0.1, 0.15) is 24.0 Å². The van der Waals surface area contributed by atoms with E-state index in [-0.39, 0.29) is 24.2 Å². The Kier molecular flexibility index (Phi) is 6.36. The molecule has 1 atom stereocenters. The molecule has 2 heterocycles. The number of benzene rings is 1. The molecule has 1 aliphatic rings. The smallest absolute Gasteiger partial charge is 0.311 e. The number of hydrogen-bond acceptors (Lipinski definition) is 4. The molecule has 136 valence electrons. The number of aromatic nitrogens is 1. The van der Waals surface area contributed by atoms with E-state index in [9.17, 15) is 9.59 Å². The van der Waals surface area contributed by atoms with Crippen molar-refractivity contribution < 1.29 is 14.3 Å². The van der Waals surface area contributed by atoms with Crippen molar-refractivity contribution >= 4 is 11.9 Å². The molecule has 5 heteroatoms. The van der Waals surface area contributed by atoms with Crippen molar-refractivity contribution in [1.82, 2.24) is 9.88 Å². The van der Waals surface area contributed by atoms with Crippen molar-refractivity contribution in [2.45, 2.75) is 25.7 Å². The molecule has 1 aliphatic heterocycles. The highest BCUT2D eigenvalue weighted by molar-refractivity contribution is 5.86. The molecule has 5 nitrogen and oxygen atoms in total. The number of esters is 1. The average molecular weight is 352 g/mol. The number of carbonyl (C=O) groups excluding carboxylic acids is 2. The SMILES string of the molecule is O=C(OCCCc1ccncc1)C1CC(=O)N(CCc2ccccc2)C1. The fourth-order valence-electron chi connectivity index (χ4n) is 3.17. The molecule has 3 rings (SSSR count). The normalized spacial score (nSPS) is 16.7. The van der Waals surface area contributed by atoms with Crippen LogP contribution in [-0.2, 0) is 27.2 Å². The largest absolute Gasteiger partial charge is 0.465 e. The molecule has 0 bridgehead atoms. The van der Waals surface area contributed by atoms with Crippen molar-refractivity contribution in [2.75, 3.05) is 19.7 Å². The van der Waals surface area contributed by atoms with Crippen molar-refractivity contribution in [2.24, 2.45) is 5.92 Å². The van der Waals surface area contributed by atoms with Gasteiger partial charge in [-0.05, 0) is 42.5 Å². The molecule has 0 N–H and O–H groups in total. The maximum absolute atomic E-state index is 12.2. The molecule has 0 aliphatic carbocycles. The molecule has 1 fully saturated rings. The van der Waals surface area contributed by atoms with Gasteiger partial charge in [-0.2, -0.15) is 0 Å². The van der Waals surface area contributed by atoms with Crippen molar-refractivity contribution in [3.63, 3.8) is 0 Å². The maximum Gasteiger partial charge on any atom is 0.311 e. The second-order valence-electron chi connectivity index (χ2n) is 6.60. The Bertz CT molecular complexity index is 719. The highest BCUT2D eigenvalue weighted by atomic mass is 16.5. The van der Waals surface area contributed by atoms with E-state index in [0.29, 0.717) is 19.7 Å². The van der Waals surface area contributed by atoms with E-state index in [1.807, 2.05) is 30.3 Å². The van der Waals surface area contributed by atoms with Crippen molar-refractivity contribution in [3.05, 3.63) is 66.0 Å². The number of pyridine rings is 1. The van der Waals surface area contributed by atoms with Crippen LogP contribution < -0.4 is 0 Å². The first-order valence-corrected chi connectivity index (χ1v) is 9.09. The van der Waals surface area contributed by atoms with E-state index in [1.165, 1.54) is 11.1 Å². The second-order valence-corrected chi connectivity index (χ2v) is 6.60. The van der Waals surface area contributed by atoms with Gasteiger partial charge in [0.1, 0.15) is 0 Å². The summed E-state index contributed by atoms with van der Waals surface area (Å²) < 4.78 is 5.37. The topological polar surface area (TPSA) is 59.5 Å². The molecule has 0 spiro atoms. The standard InChI is InChI=1S/C21H24N2O3/c24-20-15-19(16-23(20)13-10-17-5-2-1-3-6-17)21(25)26-14-4-7-18-8-11-22-12-9-18/h1-3,5-6,8-9,11-12,19H,4,7,10,13-16H2. The summed E-state index contributed by atoms with van der Waals surface area (Å²) in [6.07, 6.45) is 6.21. The third kappa shape index (κ3) is 5.15. The van der Waals surface area contributed by atoms with Gasteiger partial charge in [-0.3, -0.25) is 14.6 Å². The van der Waals surface area contributed by atoms with Gasteiger partial charge in [-0.1, -0.05) is 30.3 Å². The second kappa shape index (κ2) is 9.13. The molecule has 2 aromatic rings. The van der Waals surface area contributed by atoms with E-state index in [0.717, 1.165) is 19.3 Å². The molecule has 0 radical (unpaired) electrons. The van der Waals surface area contributed by atoms with Crippen molar-refractivity contribution in [1.29, 1.82) is 0 Å².